The lowest BCUT2D eigenvalue weighted by molar-refractivity contribution is 0.0721. The topological polar surface area (TPSA) is 78.6 Å². The van der Waals surface area contributed by atoms with Gasteiger partial charge in [-0.3, -0.25) is 9.78 Å². The molecule has 1 amide bonds. The first-order chi connectivity index (χ1) is 13.0. The minimum absolute atomic E-state index is 0.0280. The highest BCUT2D eigenvalue weighted by atomic mass is 16.6. The van der Waals surface area contributed by atoms with E-state index >= 15 is 0 Å². The molecule has 8 heteroatoms. The highest BCUT2D eigenvalue weighted by Crippen LogP contribution is 2.34. The molecule has 0 bridgehead atoms. The zero-order chi connectivity index (χ0) is 19.0. The van der Waals surface area contributed by atoms with E-state index in [9.17, 15) is 4.79 Å². The second kappa shape index (κ2) is 7.26. The van der Waals surface area contributed by atoms with Crippen molar-refractivity contribution in [2.45, 2.75) is 32.7 Å². The summed E-state index contributed by atoms with van der Waals surface area (Å²) < 4.78 is 4.72. The second-order valence-electron chi connectivity index (χ2n) is 7.54. The third-order valence-electron chi connectivity index (χ3n) is 5.54. The molecule has 2 aliphatic heterocycles. The molecule has 0 radical (unpaired) electrons. The van der Waals surface area contributed by atoms with Crippen molar-refractivity contribution in [3.63, 3.8) is 0 Å². The molecule has 8 nitrogen and oxygen atoms in total. The van der Waals surface area contributed by atoms with E-state index in [2.05, 4.69) is 39.3 Å². The van der Waals surface area contributed by atoms with E-state index in [0.29, 0.717) is 17.9 Å². The number of hydrogen-bond acceptors (Lipinski definition) is 7. The highest BCUT2D eigenvalue weighted by Gasteiger charge is 2.34. The van der Waals surface area contributed by atoms with E-state index in [-0.39, 0.29) is 11.9 Å². The number of hydrogen-bond donors (Lipinski definition) is 0. The molecule has 0 spiro atoms. The van der Waals surface area contributed by atoms with Crippen LogP contribution >= 0.6 is 0 Å². The summed E-state index contributed by atoms with van der Waals surface area (Å²) in [5, 5.41) is 7.54. The average Bonchev–Trinajstić information content (AvgIpc) is 3.30. The van der Waals surface area contributed by atoms with Gasteiger partial charge in [0.05, 0.1) is 11.7 Å². The summed E-state index contributed by atoms with van der Waals surface area (Å²) in [4.78, 5) is 24.3. The lowest BCUT2D eigenvalue weighted by Crippen LogP contribution is -2.44. The van der Waals surface area contributed by atoms with Crippen LogP contribution < -0.4 is 4.90 Å². The van der Waals surface area contributed by atoms with Crippen molar-refractivity contribution in [2.24, 2.45) is 0 Å². The molecule has 0 aromatic carbocycles. The van der Waals surface area contributed by atoms with Gasteiger partial charge in [-0.2, -0.15) is 0 Å². The number of carbonyl (C=O) groups is 1. The molecule has 0 saturated carbocycles. The zero-order valence-electron chi connectivity index (χ0n) is 16.2. The maximum Gasteiger partial charge on any atom is 0.278 e. The third-order valence-corrected chi connectivity index (χ3v) is 5.54. The fourth-order valence-corrected chi connectivity index (χ4v) is 3.97. The first-order valence-corrected chi connectivity index (χ1v) is 9.55. The predicted molar refractivity (Wildman–Crippen MR) is 101 cm³/mol. The predicted octanol–water partition coefficient (Wildman–Crippen LogP) is 1.81. The van der Waals surface area contributed by atoms with Crippen LogP contribution in [0.5, 0.6) is 0 Å². The van der Waals surface area contributed by atoms with Gasteiger partial charge in [0.15, 0.2) is 5.69 Å². The molecule has 2 aromatic heterocycles. The van der Waals surface area contributed by atoms with Crippen molar-refractivity contribution in [2.75, 3.05) is 44.7 Å². The number of aryl methyl sites for hydroxylation is 2. The lowest BCUT2D eigenvalue weighted by atomic mass is 10.1. The van der Waals surface area contributed by atoms with Crippen LogP contribution in [0, 0.1) is 13.8 Å². The van der Waals surface area contributed by atoms with Crippen molar-refractivity contribution in [1.29, 1.82) is 0 Å². The number of rotatable bonds is 3. The number of nitrogens with zero attached hydrogens (tertiary/aromatic N) is 6. The number of likely N-dealkylation sites (tertiary alicyclic amines) is 1. The second-order valence-corrected chi connectivity index (χ2v) is 7.54. The third kappa shape index (κ3) is 3.53. The molecule has 2 aliphatic rings. The van der Waals surface area contributed by atoms with E-state index in [0.717, 1.165) is 50.4 Å². The summed E-state index contributed by atoms with van der Waals surface area (Å²) >= 11 is 0. The van der Waals surface area contributed by atoms with Crippen molar-refractivity contribution in [3.8, 4) is 0 Å². The van der Waals surface area contributed by atoms with Gasteiger partial charge in [0.25, 0.3) is 5.91 Å². The molecule has 1 unspecified atom stereocenters. The monoisotopic (exact) mass is 370 g/mol. The zero-order valence-corrected chi connectivity index (χ0v) is 16.2. The van der Waals surface area contributed by atoms with Crippen molar-refractivity contribution in [1.82, 2.24) is 25.1 Å². The van der Waals surface area contributed by atoms with E-state index < -0.39 is 0 Å². The lowest BCUT2D eigenvalue weighted by Gasteiger charge is -2.34. The molecule has 2 aromatic rings. The Morgan fingerprint density at radius 2 is 1.89 bits per heavy atom. The Morgan fingerprint density at radius 3 is 2.59 bits per heavy atom. The summed E-state index contributed by atoms with van der Waals surface area (Å²) in [6, 6.07) is 4.27. The van der Waals surface area contributed by atoms with Gasteiger partial charge in [0, 0.05) is 44.1 Å². The van der Waals surface area contributed by atoms with Crippen LogP contribution in [0.2, 0.25) is 0 Å². The number of amides is 1. The SMILES string of the molecule is Cc1cc(N2CCN(C)CC2)cc(C2CCCN2C(=O)c2nonc2C)n1. The molecule has 4 rings (SSSR count). The Hall–Kier alpha value is -2.48. The largest absolute Gasteiger partial charge is 0.369 e. The molecular formula is C19H26N6O2. The van der Waals surface area contributed by atoms with Gasteiger partial charge in [-0.05, 0) is 51.0 Å². The normalized spacial score (nSPS) is 21.1. The first kappa shape index (κ1) is 17.9. The summed E-state index contributed by atoms with van der Waals surface area (Å²) in [6.45, 7) is 8.61. The summed E-state index contributed by atoms with van der Waals surface area (Å²) in [7, 11) is 2.16. The van der Waals surface area contributed by atoms with Crippen LogP contribution in [-0.4, -0.2) is 70.8 Å². The van der Waals surface area contributed by atoms with Crippen LogP contribution in [0.15, 0.2) is 16.8 Å². The summed E-state index contributed by atoms with van der Waals surface area (Å²) in [6.07, 6.45) is 1.87. The molecule has 1 atom stereocenters. The van der Waals surface area contributed by atoms with Crippen LogP contribution in [0.4, 0.5) is 5.69 Å². The van der Waals surface area contributed by atoms with Crippen LogP contribution in [0.25, 0.3) is 0 Å². The van der Waals surface area contributed by atoms with Gasteiger partial charge in [-0.25, -0.2) is 4.63 Å². The number of carbonyl (C=O) groups excluding carboxylic acids is 1. The molecule has 27 heavy (non-hydrogen) atoms. The van der Waals surface area contributed by atoms with Crippen LogP contribution in [0.1, 0.15) is 46.5 Å². The Bertz CT molecular complexity index is 827. The molecule has 0 N–H and O–H groups in total. The minimum Gasteiger partial charge on any atom is -0.369 e. The first-order valence-electron chi connectivity index (χ1n) is 9.55. The smallest absolute Gasteiger partial charge is 0.278 e. The standard InChI is InChI=1S/C19H26N6O2/c1-13-11-15(24-9-7-23(3)8-10-24)12-16(20-13)17-5-4-6-25(17)19(26)18-14(2)21-27-22-18/h11-12,17H,4-10H2,1-3H3. The van der Waals surface area contributed by atoms with Gasteiger partial charge < -0.3 is 14.7 Å². The van der Waals surface area contributed by atoms with Gasteiger partial charge in [-0.1, -0.05) is 5.16 Å². The Morgan fingerprint density at radius 1 is 1.11 bits per heavy atom. The maximum absolute atomic E-state index is 12.9. The fraction of sp³-hybridized carbons (Fsp3) is 0.579. The molecule has 2 saturated heterocycles. The van der Waals surface area contributed by atoms with Crippen LogP contribution in [-0.2, 0) is 0 Å². The Balaban J connectivity index is 1.60. The van der Waals surface area contributed by atoms with Crippen molar-refractivity contribution in [3.05, 3.63) is 34.9 Å². The Kier molecular flexibility index (Phi) is 4.82. The molecule has 144 valence electrons. The number of likely N-dealkylation sites (N-methyl/N-ethyl adjacent to an activating group) is 1. The van der Waals surface area contributed by atoms with E-state index in [1.165, 1.54) is 5.69 Å². The summed E-state index contributed by atoms with van der Waals surface area (Å²) in [5.74, 6) is -0.124. The summed E-state index contributed by atoms with van der Waals surface area (Å²) in [5.41, 5.74) is 3.97. The Labute approximate surface area is 159 Å². The number of anilines is 1. The number of pyridine rings is 1. The van der Waals surface area contributed by atoms with Crippen molar-refractivity contribution >= 4 is 11.6 Å². The molecule has 2 fully saturated rings. The van der Waals surface area contributed by atoms with E-state index in [1.54, 1.807) is 6.92 Å². The quantitative estimate of drug-likeness (QED) is 0.815. The van der Waals surface area contributed by atoms with E-state index in [1.807, 2.05) is 11.8 Å². The van der Waals surface area contributed by atoms with Gasteiger partial charge in [0.1, 0.15) is 5.69 Å². The highest BCUT2D eigenvalue weighted by molar-refractivity contribution is 5.93. The average molecular weight is 370 g/mol. The molecular weight excluding hydrogens is 344 g/mol. The molecule has 0 aliphatic carbocycles. The number of piperazine rings is 1. The van der Waals surface area contributed by atoms with Gasteiger partial charge >= 0.3 is 0 Å². The molecule has 4 heterocycles. The maximum atomic E-state index is 12.9. The minimum atomic E-state index is -0.124. The number of aromatic nitrogens is 3. The van der Waals surface area contributed by atoms with Gasteiger partial charge in [0.2, 0.25) is 0 Å². The van der Waals surface area contributed by atoms with Crippen LogP contribution in [0.3, 0.4) is 0 Å². The fourth-order valence-electron chi connectivity index (χ4n) is 3.97. The van der Waals surface area contributed by atoms with E-state index in [4.69, 9.17) is 9.61 Å². The van der Waals surface area contributed by atoms with Gasteiger partial charge in [-0.15, -0.1) is 0 Å². The van der Waals surface area contributed by atoms with Crippen molar-refractivity contribution < 1.29 is 9.42 Å².